The number of benzene rings is 2. The van der Waals surface area contributed by atoms with E-state index in [4.69, 9.17) is 4.74 Å². The van der Waals surface area contributed by atoms with Gasteiger partial charge in [0.15, 0.2) is 0 Å². The number of morpholine rings is 1. The molecule has 4 aromatic rings. The summed E-state index contributed by atoms with van der Waals surface area (Å²) in [6.07, 6.45) is 4.01. The summed E-state index contributed by atoms with van der Waals surface area (Å²) < 4.78 is 7.32. The Balaban J connectivity index is 1.19. The Labute approximate surface area is 201 Å². The van der Waals surface area contributed by atoms with E-state index >= 15 is 0 Å². The molecule has 7 nitrogen and oxygen atoms in total. The lowest BCUT2D eigenvalue weighted by atomic mass is 10.1. The number of amides is 2. The molecule has 1 N–H and O–H groups in total. The molecule has 1 fully saturated rings. The molecule has 0 radical (unpaired) electrons. The van der Waals surface area contributed by atoms with Gasteiger partial charge in [-0.05, 0) is 54.6 Å². The van der Waals surface area contributed by atoms with Gasteiger partial charge in [-0.15, -0.1) is 11.8 Å². The number of hydrogen-bond donors (Lipinski definition) is 1. The van der Waals surface area contributed by atoms with Crippen LogP contribution in [0, 0.1) is 0 Å². The van der Waals surface area contributed by atoms with E-state index in [1.54, 1.807) is 40.9 Å². The van der Waals surface area contributed by atoms with Crippen LogP contribution < -0.4 is 5.32 Å². The van der Waals surface area contributed by atoms with Crippen molar-refractivity contribution in [3.8, 4) is 0 Å². The SMILES string of the molecule is O=C(Nc1cccc(C(=O)N2CCOCC2)c1)c1ccc(SCc2cn3ccccc3n2)cc1. The van der Waals surface area contributed by atoms with Gasteiger partial charge < -0.3 is 19.4 Å². The predicted octanol–water partition coefficient (Wildman–Crippen LogP) is 4.35. The molecule has 2 amide bonds. The number of hydrogen-bond acceptors (Lipinski definition) is 5. The first-order valence-corrected chi connectivity index (χ1v) is 12.1. The van der Waals surface area contributed by atoms with E-state index in [0.717, 1.165) is 22.0 Å². The number of rotatable bonds is 6. The third-order valence-electron chi connectivity index (χ3n) is 5.58. The van der Waals surface area contributed by atoms with Gasteiger partial charge in [0.2, 0.25) is 0 Å². The zero-order valence-corrected chi connectivity index (χ0v) is 19.3. The molecule has 0 spiro atoms. The Kier molecular flexibility index (Phi) is 6.60. The maximum Gasteiger partial charge on any atom is 0.255 e. The molecule has 172 valence electrons. The summed E-state index contributed by atoms with van der Waals surface area (Å²) in [7, 11) is 0. The maximum absolute atomic E-state index is 12.7. The first-order chi connectivity index (χ1) is 16.7. The summed E-state index contributed by atoms with van der Waals surface area (Å²) in [5, 5.41) is 2.89. The number of imidazole rings is 1. The van der Waals surface area contributed by atoms with Gasteiger partial charge in [0, 0.05) is 52.9 Å². The average molecular weight is 473 g/mol. The van der Waals surface area contributed by atoms with Gasteiger partial charge in [-0.2, -0.15) is 0 Å². The number of thioether (sulfide) groups is 1. The number of nitrogens with zero attached hydrogens (tertiary/aromatic N) is 3. The lowest BCUT2D eigenvalue weighted by Crippen LogP contribution is -2.40. The van der Waals surface area contributed by atoms with Crippen LogP contribution in [0.2, 0.25) is 0 Å². The van der Waals surface area contributed by atoms with Gasteiger partial charge in [-0.1, -0.05) is 12.1 Å². The summed E-state index contributed by atoms with van der Waals surface area (Å²) in [4.78, 5) is 32.9. The van der Waals surface area contributed by atoms with E-state index in [1.807, 2.05) is 59.3 Å². The Morgan fingerprint density at radius 2 is 1.79 bits per heavy atom. The van der Waals surface area contributed by atoms with Crippen LogP contribution >= 0.6 is 11.8 Å². The molecule has 0 aliphatic carbocycles. The van der Waals surface area contributed by atoms with Gasteiger partial charge in [-0.3, -0.25) is 9.59 Å². The van der Waals surface area contributed by atoms with E-state index in [1.165, 1.54) is 0 Å². The number of nitrogens with one attached hydrogen (secondary N) is 1. The normalized spacial score (nSPS) is 13.7. The highest BCUT2D eigenvalue weighted by Crippen LogP contribution is 2.23. The van der Waals surface area contributed by atoms with Crippen LogP contribution in [0.15, 0.2) is 84.0 Å². The molecule has 0 bridgehead atoms. The monoisotopic (exact) mass is 472 g/mol. The zero-order valence-electron chi connectivity index (χ0n) is 18.5. The van der Waals surface area contributed by atoms with E-state index in [-0.39, 0.29) is 11.8 Å². The molecule has 1 saturated heterocycles. The molecule has 2 aromatic carbocycles. The highest BCUT2D eigenvalue weighted by molar-refractivity contribution is 7.98. The van der Waals surface area contributed by atoms with Crippen molar-refractivity contribution in [3.63, 3.8) is 0 Å². The van der Waals surface area contributed by atoms with Crippen molar-refractivity contribution in [2.45, 2.75) is 10.6 Å². The molecule has 0 unspecified atom stereocenters. The van der Waals surface area contributed by atoms with Crippen molar-refractivity contribution in [1.29, 1.82) is 0 Å². The molecule has 8 heteroatoms. The number of anilines is 1. The van der Waals surface area contributed by atoms with Crippen LogP contribution in [0.3, 0.4) is 0 Å². The number of aromatic nitrogens is 2. The summed E-state index contributed by atoms with van der Waals surface area (Å²) in [5.41, 5.74) is 3.64. The van der Waals surface area contributed by atoms with Crippen LogP contribution in [0.1, 0.15) is 26.4 Å². The Hall–Kier alpha value is -3.62. The van der Waals surface area contributed by atoms with Gasteiger partial charge in [0.05, 0.1) is 18.9 Å². The van der Waals surface area contributed by atoms with Crippen LogP contribution in [0.25, 0.3) is 5.65 Å². The second-order valence-electron chi connectivity index (χ2n) is 7.95. The molecule has 2 aromatic heterocycles. The van der Waals surface area contributed by atoms with Crippen LogP contribution in [0.4, 0.5) is 5.69 Å². The molecule has 0 atom stereocenters. The van der Waals surface area contributed by atoms with Crippen LogP contribution in [0.5, 0.6) is 0 Å². The fourth-order valence-corrected chi connectivity index (χ4v) is 4.58. The highest BCUT2D eigenvalue weighted by atomic mass is 32.2. The highest BCUT2D eigenvalue weighted by Gasteiger charge is 2.19. The van der Waals surface area contributed by atoms with E-state index in [9.17, 15) is 9.59 Å². The van der Waals surface area contributed by atoms with Gasteiger partial charge >= 0.3 is 0 Å². The largest absolute Gasteiger partial charge is 0.378 e. The minimum absolute atomic E-state index is 0.0496. The smallest absolute Gasteiger partial charge is 0.255 e. The van der Waals surface area contributed by atoms with Crippen molar-refractivity contribution in [1.82, 2.24) is 14.3 Å². The van der Waals surface area contributed by atoms with Crippen molar-refractivity contribution < 1.29 is 14.3 Å². The lowest BCUT2D eigenvalue weighted by Gasteiger charge is -2.27. The Morgan fingerprint density at radius 1 is 0.971 bits per heavy atom. The second kappa shape index (κ2) is 10.1. The summed E-state index contributed by atoms with van der Waals surface area (Å²) in [6.45, 7) is 2.26. The quantitative estimate of drug-likeness (QED) is 0.422. The molecule has 34 heavy (non-hydrogen) atoms. The van der Waals surface area contributed by atoms with Gasteiger partial charge in [0.25, 0.3) is 11.8 Å². The second-order valence-corrected chi connectivity index (χ2v) is 9.00. The zero-order chi connectivity index (χ0) is 23.3. The Morgan fingerprint density at radius 3 is 2.59 bits per heavy atom. The van der Waals surface area contributed by atoms with Gasteiger partial charge in [-0.25, -0.2) is 4.98 Å². The van der Waals surface area contributed by atoms with Crippen molar-refractivity contribution in [3.05, 3.63) is 95.9 Å². The van der Waals surface area contributed by atoms with E-state index in [2.05, 4.69) is 10.3 Å². The molecule has 1 aliphatic heterocycles. The van der Waals surface area contributed by atoms with Crippen LogP contribution in [-0.2, 0) is 10.5 Å². The first kappa shape index (κ1) is 22.2. The van der Waals surface area contributed by atoms with Crippen LogP contribution in [-0.4, -0.2) is 52.4 Å². The number of carbonyl (C=O) groups excluding carboxylic acids is 2. The van der Waals surface area contributed by atoms with Crippen molar-refractivity contribution in [2.24, 2.45) is 0 Å². The fraction of sp³-hybridized carbons (Fsp3) is 0.192. The molecular formula is C26H24N4O3S. The first-order valence-electron chi connectivity index (χ1n) is 11.1. The molecule has 0 saturated carbocycles. The molecule has 3 heterocycles. The topological polar surface area (TPSA) is 75.9 Å². The molecule has 5 rings (SSSR count). The number of fused-ring (bicyclic) bond motifs is 1. The Bertz CT molecular complexity index is 1280. The van der Waals surface area contributed by atoms with E-state index in [0.29, 0.717) is 43.1 Å². The molecular weight excluding hydrogens is 448 g/mol. The third kappa shape index (κ3) is 5.13. The summed E-state index contributed by atoms with van der Waals surface area (Å²) >= 11 is 1.67. The van der Waals surface area contributed by atoms with E-state index < -0.39 is 0 Å². The number of pyridine rings is 1. The fourth-order valence-electron chi connectivity index (χ4n) is 3.80. The maximum atomic E-state index is 12.7. The average Bonchev–Trinajstić information content (AvgIpc) is 3.31. The summed E-state index contributed by atoms with van der Waals surface area (Å²) in [6, 6.07) is 20.5. The van der Waals surface area contributed by atoms with Crippen molar-refractivity contribution in [2.75, 3.05) is 31.6 Å². The number of ether oxygens (including phenoxy) is 1. The minimum atomic E-state index is -0.215. The lowest BCUT2D eigenvalue weighted by molar-refractivity contribution is 0.0303. The summed E-state index contributed by atoms with van der Waals surface area (Å²) in [5.74, 6) is 0.483. The minimum Gasteiger partial charge on any atom is -0.378 e. The third-order valence-corrected chi connectivity index (χ3v) is 6.63. The predicted molar refractivity (Wildman–Crippen MR) is 132 cm³/mol. The standard InChI is InChI=1S/C26H24N4O3S/c31-25(28-21-5-3-4-20(16-21)26(32)29-12-14-33-15-13-29)19-7-9-23(10-8-19)34-18-22-17-30-11-2-1-6-24(30)27-22/h1-11,16-17H,12-15,18H2,(H,28,31). The molecule has 1 aliphatic rings. The number of carbonyl (C=O) groups is 2. The van der Waals surface area contributed by atoms with Crippen molar-refractivity contribution >= 4 is 34.9 Å². The van der Waals surface area contributed by atoms with Gasteiger partial charge in [0.1, 0.15) is 5.65 Å².